The molecular formula is C22H30N8O4S. The van der Waals surface area contributed by atoms with Crippen LogP contribution in [-0.4, -0.2) is 86.8 Å². The van der Waals surface area contributed by atoms with Crippen LogP contribution in [0.4, 0.5) is 22.1 Å². The van der Waals surface area contributed by atoms with Gasteiger partial charge in [0.05, 0.1) is 11.1 Å². The predicted octanol–water partition coefficient (Wildman–Crippen LogP) is 0.306. The van der Waals surface area contributed by atoms with Gasteiger partial charge in [-0.3, -0.25) is 4.79 Å². The van der Waals surface area contributed by atoms with Crippen molar-refractivity contribution in [2.75, 3.05) is 55.7 Å². The molecule has 2 aliphatic heterocycles. The maximum absolute atomic E-state index is 12.6. The molecule has 2 aliphatic rings. The minimum atomic E-state index is -3.33. The Bertz CT molecular complexity index is 1180. The molecule has 1 unspecified atom stereocenters. The van der Waals surface area contributed by atoms with Crippen molar-refractivity contribution in [3.05, 3.63) is 36.2 Å². The molecule has 35 heavy (non-hydrogen) atoms. The second-order valence-corrected chi connectivity index (χ2v) is 10.7. The van der Waals surface area contributed by atoms with E-state index in [9.17, 15) is 18.0 Å². The number of nitrogens with one attached hydrogen (secondary N) is 3. The molecule has 2 aromatic rings. The summed E-state index contributed by atoms with van der Waals surface area (Å²) in [4.78, 5) is 37.4. The topological polar surface area (TPSA) is 163 Å². The second-order valence-electron chi connectivity index (χ2n) is 8.68. The number of urea groups is 1. The molecule has 3 amide bonds. The van der Waals surface area contributed by atoms with Crippen LogP contribution >= 0.6 is 0 Å². The Balaban J connectivity index is 1.49. The number of hydrogen-bond donors (Lipinski definition) is 4. The van der Waals surface area contributed by atoms with E-state index in [1.165, 1.54) is 18.3 Å². The van der Waals surface area contributed by atoms with Crippen LogP contribution in [-0.2, 0) is 9.84 Å². The van der Waals surface area contributed by atoms with Gasteiger partial charge in [-0.25, -0.2) is 23.2 Å². The molecule has 5 N–H and O–H groups in total. The van der Waals surface area contributed by atoms with Crippen LogP contribution < -0.4 is 26.6 Å². The number of rotatable bonds is 6. The number of nitrogens with two attached hydrogens (primary N) is 1. The van der Waals surface area contributed by atoms with Gasteiger partial charge >= 0.3 is 6.03 Å². The SMILES string of the molecule is CS(=O)(=O)c1ccc(Nc2nc(N3CCCC(NC(=O)N4CCNCC4)C3)cnc2C(N)=O)cc1. The van der Waals surface area contributed by atoms with Crippen LogP contribution in [0, 0.1) is 0 Å². The van der Waals surface area contributed by atoms with Crippen LogP contribution in [0.15, 0.2) is 35.4 Å². The van der Waals surface area contributed by atoms with Crippen molar-refractivity contribution in [1.29, 1.82) is 0 Å². The average Bonchev–Trinajstić information content (AvgIpc) is 2.84. The number of benzene rings is 1. The van der Waals surface area contributed by atoms with Crippen LogP contribution in [0.25, 0.3) is 0 Å². The van der Waals surface area contributed by atoms with Gasteiger partial charge in [0.25, 0.3) is 5.91 Å². The molecule has 0 saturated carbocycles. The highest BCUT2D eigenvalue weighted by atomic mass is 32.2. The first-order chi connectivity index (χ1) is 16.7. The maximum atomic E-state index is 12.6. The molecule has 3 heterocycles. The van der Waals surface area contributed by atoms with E-state index in [0.29, 0.717) is 31.1 Å². The van der Waals surface area contributed by atoms with Gasteiger partial charge in [0.1, 0.15) is 5.82 Å². The highest BCUT2D eigenvalue weighted by molar-refractivity contribution is 7.90. The first kappa shape index (κ1) is 24.7. The summed E-state index contributed by atoms with van der Waals surface area (Å²) in [6.07, 6.45) is 4.35. The Morgan fingerprint density at radius 3 is 2.51 bits per heavy atom. The highest BCUT2D eigenvalue weighted by Gasteiger charge is 2.26. The molecule has 2 fully saturated rings. The van der Waals surface area contributed by atoms with Crippen molar-refractivity contribution in [2.45, 2.75) is 23.8 Å². The van der Waals surface area contributed by atoms with E-state index < -0.39 is 15.7 Å². The molecule has 4 rings (SSSR count). The molecule has 0 spiro atoms. The Morgan fingerprint density at radius 2 is 1.86 bits per heavy atom. The quantitative estimate of drug-likeness (QED) is 0.435. The Labute approximate surface area is 204 Å². The number of nitrogens with zero attached hydrogens (tertiary/aromatic N) is 4. The van der Waals surface area contributed by atoms with Gasteiger partial charge in [0.2, 0.25) is 0 Å². The number of aromatic nitrogens is 2. The standard InChI is InChI=1S/C22H30N8O4S/c1-35(33,34)17-6-4-15(5-7-17)26-21-19(20(23)31)25-13-18(28-21)30-10-2-3-16(14-30)27-22(32)29-11-8-24-9-12-29/h4-7,13,16,24H,2-3,8-12,14H2,1H3,(H2,23,31)(H,26,28)(H,27,32). The number of carbonyl (C=O) groups is 2. The number of carbonyl (C=O) groups excluding carboxylic acids is 2. The van der Waals surface area contributed by atoms with Gasteiger partial charge in [-0.05, 0) is 37.1 Å². The number of anilines is 3. The molecule has 2 saturated heterocycles. The third-order valence-corrected chi connectivity index (χ3v) is 7.14. The van der Waals surface area contributed by atoms with E-state index in [-0.39, 0.29) is 28.5 Å². The number of sulfone groups is 1. The van der Waals surface area contributed by atoms with E-state index in [0.717, 1.165) is 38.7 Å². The lowest BCUT2D eigenvalue weighted by atomic mass is 10.1. The highest BCUT2D eigenvalue weighted by Crippen LogP contribution is 2.24. The minimum Gasteiger partial charge on any atom is -0.364 e. The molecule has 13 heteroatoms. The summed E-state index contributed by atoms with van der Waals surface area (Å²) in [5.74, 6) is -0.0143. The van der Waals surface area contributed by atoms with Gasteiger partial charge < -0.3 is 31.5 Å². The maximum Gasteiger partial charge on any atom is 0.317 e. The summed E-state index contributed by atoms with van der Waals surface area (Å²) in [7, 11) is -3.33. The fraction of sp³-hybridized carbons (Fsp3) is 0.455. The van der Waals surface area contributed by atoms with Gasteiger partial charge in [-0.2, -0.15) is 0 Å². The summed E-state index contributed by atoms with van der Waals surface area (Å²) in [5.41, 5.74) is 6.00. The van der Waals surface area contributed by atoms with Crippen molar-refractivity contribution in [1.82, 2.24) is 25.5 Å². The summed E-state index contributed by atoms with van der Waals surface area (Å²) < 4.78 is 23.4. The van der Waals surface area contributed by atoms with Crippen LogP contribution in [0.2, 0.25) is 0 Å². The largest absolute Gasteiger partial charge is 0.364 e. The zero-order valence-corrected chi connectivity index (χ0v) is 20.3. The second kappa shape index (κ2) is 10.4. The van der Waals surface area contributed by atoms with Crippen molar-refractivity contribution in [3.8, 4) is 0 Å². The van der Waals surface area contributed by atoms with Crippen LogP contribution in [0.1, 0.15) is 23.3 Å². The minimum absolute atomic E-state index is 0.0264. The number of hydrogen-bond acceptors (Lipinski definition) is 9. The molecule has 0 radical (unpaired) electrons. The summed E-state index contributed by atoms with van der Waals surface area (Å²) >= 11 is 0. The smallest absolute Gasteiger partial charge is 0.317 e. The Kier molecular flexibility index (Phi) is 7.36. The summed E-state index contributed by atoms with van der Waals surface area (Å²) in [5, 5.41) is 9.38. The van der Waals surface area contributed by atoms with E-state index in [1.54, 1.807) is 12.1 Å². The number of primary amides is 1. The molecule has 1 aromatic carbocycles. The lowest BCUT2D eigenvalue weighted by Gasteiger charge is -2.36. The van der Waals surface area contributed by atoms with E-state index in [4.69, 9.17) is 5.73 Å². The van der Waals surface area contributed by atoms with Gasteiger partial charge in [0.15, 0.2) is 21.3 Å². The summed E-state index contributed by atoms with van der Waals surface area (Å²) in [6.45, 7) is 4.24. The molecule has 1 atom stereocenters. The molecule has 188 valence electrons. The van der Waals surface area contributed by atoms with Crippen LogP contribution in [0.5, 0.6) is 0 Å². The fourth-order valence-electron chi connectivity index (χ4n) is 4.16. The molecule has 12 nitrogen and oxygen atoms in total. The Hall–Kier alpha value is -3.45. The van der Waals surface area contributed by atoms with Crippen molar-refractivity contribution < 1.29 is 18.0 Å². The lowest BCUT2D eigenvalue weighted by molar-refractivity contribution is 0.0996. The normalized spacial score (nSPS) is 18.7. The Morgan fingerprint density at radius 1 is 1.14 bits per heavy atom. The number of piperazine rings is 1. The average molecular weight is 503 g/mol. The van der Waals surface area contributed by atoms with E-state index in [2.05, 4.69) is 25.9 Å². The first-order valence-electron chi connectivity index (χ1n) is 11.5. The van der Waals surface area contributed by atoms with Crippen molar-refractivity contribution in [3.63, 3.8) is 0 Å². The van der Waals surface area contributed by atoms with Gasteiger partial charge in [-0.15, -0.1) is 0 Å². The van der Waals surface area contributed by atoms with E-state index in [1.807, 2.05) is 9.80 Å². The lowest BCUT2D eigenvalue weighted by Crippen LogP contribution is -2.55. The van der Waals surface area contributed by atoms with E-state index >= 15 is 0 Å². The predicted molar refractivity (Wildman–Crippen MR) is 132 cm³/mol. The monoisotopic (exact) mass is 502 g/mol. The van der Waals surface area contributed by atoms with Gasteiger partial charge in [0, 0.05) is 57.3 Å². The third kappa shape index (κ3) is 6.17. The first-order valence-corrected chi connectivity index (χ1v) is 13.3. The number of amides is 3. The van der Waals surface area contributed by atoms with Crippen molar-refractivity contribution >= 4 is 39.1 Å². The fourth-order valence-corrected chi connectivity index (χ4v) is 4.79. The molecule has 1 aromatic heterocycles. The molecule has 0 bridgehead atoms. The molecular weight excluding hydrogens is 472 g/mol. The zero-order chi connectivity index (χ0) is 25.0. The zero-order valence-electron chi connectivity index (χ0n) is 19.5. The number of piperidine rings is 1. The van der Waals surface area contributed by atoms with Gasteiger partial charge in [-0.1, -0.05) is 0 Å². The third-order valence-electron chi connectivity index (χ3n) is 6.02. The van der Waals surface area contributed by atoms with Crippen molar-refractivity contribution in [2.24, 2.45) is 5.73 Å². The molecule has 0 aliphatic carbocycles. The summed E-state index contributed by atoms with van der Waals surface area (Å²) in [6, 6.07) is 6.00. The van der Waals surface area contributed by atoms with Crippen LogP contribution in [0.3, 0.4) is 0 Å².